The lowest BCUT2D eigenvalue weighted by Crippen LogP contribution is -1.91. The minimum Gasteiger partial charge on any atom is -0.497 e. The van der Waals surface area contributed by atoms with E-state index in [0.29, 0.717) is 11.5 Å². The summed E-state index contributed by atoms with van der Waals surface area (Å²) in [6.45, 7) is 0. The van der Waals surface area contributed by atoms with Gasteiger partial charge in [0.2, 0.25) is 0 Å². The third-order valence-electron chi connectivity index (χ3n) is 2.34. The highest BCUT2D eigenvalue weighted by molar-refractivity contribution is 7.98. The Labute approximate surface area is 109 Å². The lowest BCUT2D eigenvalue weighted by molar-refractivity contribution is 0.0696. The number of methoxy groups -OCH3 is 1. The van der Waals surface area contributed by atoms with Crippen LogP contribution in [0.3, 0.4) is 0 Å². The molecule has 0 atom stereocenters. The van der Waals surface area contributed by atoms with Gasteiger partial charge in [-0.2, -0.15) is 0 Å². The maximum absolute atomic E-state index is 10.7. The van der Waals surface area contributed by atoms with Crippen molar-refractivity contribution in [1.82, 2.24) is 0 Å². The number of carboxylic acids is 1. The maximum Gasteiger partial charge on any atom is 0.338 e. The Hall–Kier alpha value is -1.88. The van der Waals surface area contributed by atoms with E-state index in [1.165, 1.54) is 6.26 Å². The van der Waals surface area contributed by atoms with Gasteiger partial charge in [0.05, 0.1) is 18.4 Å². The smallest absolute Gasteiger partial charge is 0.338 e. The van der Waals surface area contributed by atoms with Gasteiger partial charge in [-0.05, 0) is 30.3 Å². The van der Waals surface area contributed by atoms with Crippen LogP contribution in [-0.2, 0) is 5.75 Å². The lowest BCUT2D eigenvalue weighted by Gasteiger charge is -2.01. The predicted octanol–water partition coefficient (Wildman–Crippen LogP) is 3.28. The number of carboxylic acid groups (broad SMARTS) is 1. The number of carbonyl (C=O) groups is 1. The monoisotopic (exact) mass is 264 g/mol. The van der Waals surface area contributed by atoms with Crippen molar-refractivity contribution in [3.05, 3.63) is 47.9 Å². The molecule has 0 aliphatic carbocycles. The number of hydrogen-bond donors (Lipinski definition) is 1. The van der Waals surface area contributed by atoms with E-state index in [9.17, 15) is 4.79 Å². The molecular weight excluding hydrogens is 252 g/mol. The van der Waals surface area contributed by atoms with Gasteiger partial charge < -0.3 is 14.3 Å². The van der Waals surface area contributed by atoms with Crippen LogP contribution >= 0.6 is 11.8 Å². The van der Waals surface area contributed by atoms with Crippen LogP contribution in [0.2, 0.25) is 0 Å². The molecule has 0 unspecified atom stereocenters. The fraction of sp³-hybridized carbons (Fsp3) is 0.154. The summed E-state index contributed by atoms with van der Waals surface area (Å²) < 4.78 is 10.2. The summed E-state index contributed by atoms with van der Waals surface area (Å²) in [5.74, 6) is 1.08. The molecule has 0 radical (unpaired) electrons. The molecule has 1 heterocycles. The summed E-state index contributed by atoms with van der Waals surface area (Å²) in [6.07, 6.45) is 1.26. The van der Waals surface area contributed by atoms with E-state index in [-0.39, 0.29) is 5.56 Å². The van der Waals surface area contributed by atoms with Gasteiger partial charge in [0.25, 0.3) is 0 Å². The molecule has 0 aliphatic rings. The summed E-state index contributed by atoms with van der Waals surface area (Å²) in [7, 11) is 1.62. The van der Waals surface area contributed by atoms with Crippen LogP contribution in [0.15, 0.2) is 45.9 Å². The van der Waals surface area contributed by atoms with Crippen LogP contribution in [0, 0.1) is 0 Å². The Morgan fingerprint density at radius 3 is 2.67 bits per heavy atom. The molecule has 0 saturated heterocycles. The molecule has 2 rings (SSSR count). The van der Waals surface area contributed by atoms with E-state index in [4.69, 9.17) is 14.3 Å². The summed E-state index contributed by atoms with van der Waals surface area (Å²) in [4.78, 5) is 11.8. The largest absolute Gasteiger partial charge is 0.497 e. The zero-order chi connectivity index (χ0) is 13.0. The third-order valence-corrected chi connectivity index (χ3v) is 3.38. The Bertz CT molecular complexity index is 530. The van der Waals surface area contributed by atoms with Crippen molar-refractivity contribution in [3.63, 3.8) is 0 Å². The average Bonchev–Trinajstić information content (AvgIpc) is 2.86. The minimum absolute atomic E-state index is 0.181. The number of hydrogen-bond acceptors (Lipinski definition) is 4. The maximum atomic E-state index is 10.7. The molecule has 0 spiro atoms. The summed E-state index contributed by atoms with van der Waals surface area (Å²) in [5.41, 5.74) is 0.181. The SMILES string of the molecule is COc1ccc(SCc2cc(C(=O)O)co2)cc1. The first-order valence-corrected chi connectivity index (χ1v) is 6.25. The first kappa shape index (κ1) is 12.6. The number of furan rings is 1. The van der Waals surface area contributed by atoms with E-state index >= 15 is 0 Å². The van der Waals surface area contributed by atoms with E-state index < -0.39 is 5.97 Å². The summed E-state index contributed by atoms with van der Waals surface area (Å²) in [5, 5.41) is 8.76. The van der Waals surface area contributed by atoms with E-state index in [1.54, 1.807) is 24.9 Å². The van der Waals surface area contributed by atoms with Crippen molar-refractivity contribution in [2.24, 2.45) is 0 Å². The zero-order valence-corrected chi connectivity index (χ0v) is 10.6. The van der Waals surface area contributed by atoms with Crippen LogP contribution in [0.4, 0.5) is 0 Å². The number of aromatic carboxylic acids is 1. The molecule has 0 saturated carbocycles. The Morgan fingerprint density at radius 1 is 1.39 bits per heavy atom. The third kappa shape index (κ3) is 3.07. The van der Waals surface area contributed by atoms with Gasteiger partial charge in [-0.25, -0.2) is 4.79 Å². The molecule has 94 valence electrons. The second kappa shape index (κ2) is 5.64. The van der Waals surface area contributed by atoms with Gasteiger partial charge in [0.1, 0.15) is 17.8 Å². The second-order valence-electron chi connectivity index (χ2n) is 3.57. The van der Waals surface area contributed by atoms with Crippen molar-refractivity contribution >= 4 is 17.7 Å². The standard InChI is InChI=1S/C13H12O4S/c1-16-10-2-4-12(5-3-10)18-8-11-6-9(7-17-11)13(14)15/h2-7H,8H2,1H3,(H,14,15). The molecule has 5 heteroatoms. The molecule has 4 nitrogen and oxygen atoms in total. The van der Waals surface area contributed by atoms with E-state index in [0.717, 1.165) is 10.6 Å². The Kier molecular flexibility index (Phi) is 3.94. The van der Waals surface area contributed by atoms with E-state index in [1.807, 2.05) is 24.3 Å². The number of ether oxygens (including phenoxy) is 1. The van der Waals surface area contributed by atoms with Crippen LogP contribution in [0.5, 0.6) is 5.75 Å². The molecule has 1 N–H and O–H groups in total. The van der Waals surface area contributed by atoms with E-state index in [2.05, 4.69) is 0 Å². The van der Waals surface area contributed by atoms with Crippen molar-refractivity contribution in [1.29, 1.82) is 0 Å². The second-order valence-corrected chi connectivity index (χ2v) is 4.62. The van der Waals surface area contributed by atoms with Gasteiger partial charge in [-0.1, -0.05) is 0 Å². The van der Waals surface area contributed by atoms with Gasteiger partial charge in [0.15, 0.2) is 0 Å². The van der Waals surface area contributed by atoms with Crippen molar-refractivity contribution in [3.8, 4) is 5.75 Å². The molecule has 18 heavy (non-hydrogen) atoms. The molecule has 0 amide bonds. The average molecular weight is 264 g/mol. The van der Waals surface area contributed by atoms with Crippen LogP contribution in [0.25, 0.3) is 0 Å². The Morgan fingerprint density at radius 2 is 2.11 bits per heavy atom. The highest BCUT2D eigenvalue weighted by atomic mass is 32.2. The number of thioether (sulfide) groups is 1. The molecule has 1 aromatic carbocycles. The Balaban J connectivity index is 1.95. The molecular formula is C13H12O4S. The van der Waals surface area contributed by atoms with Gasteiger partial charge in [-0.15, -0.1) is 11.8 Å². The topological polar surface area (TPSA) is 59.7 Å². The van der Waals surface area contributed by atoms with Crippen LogP contribution in [-0.4, -0.2) is 18.2 Å². The summed E-state index contributed by atoms with van der Waals surface area (Å²) in [6, 6.07) is 9.20. The molecule has 1 aromatic heterocycles. The quantitative estimate of drug-likeness (QED) is 0.840. The molecule has 0 aliphatic heterocycles. The van der Waals surface area contributed by atoms with Gasteiger partial charge in [0, 0.05) is 4.90 Å². The van der Waals surface area contributed by atoms with Gasteiger partial charge >= 0.3 is 5.97 Å². The molecule has 0 bridgehead atoms. The van der Waals surface area contributed by atoms with Crippen LogP contribution < -0.4 is 4.74 Å². The fourth-order valence-corrected chi connectivity index (χ4v) is 2.18. The van der Waals surface area contributed by atoms with Crippen molar-refractivity contribution < 1.29 is 19.1 Å². The minimum atomic E-state index is -0.973. The van der Waals surface area contributed by atoms with Gasteiger partial charge in [-0.3, -0.25) is 0 Å². The molecule has 2 aromatic rings. The number of benzene rings is 1. The molecule has 0 fully saturated rings. The highest BCUT2D eigenvalue weighted by Crippen LogP contribution is 2.25. The normalized spacial score (nSPS) is 10.3. The first-order valence-electron chi connectivity index (χ1n) is 5.26. The van der Waals surface area contributed by atoms with Crippen LogP contribution in [0.1, 0.15) is 16.1 Å². The lowest BCUT2D eigenvalue weighted by atomic mass is 10.3. The summed E-state index contributed by atoms with van der Waals surface area (Å²) >= 11 is 1.58. The first-order chi connectivity index (χ1) is 8.69. The van der Waals surface area contributed by atoms with Crippen molar-refractivity contribution in [2.45, 2.75) is 10.6 Å². The highest BCUT2D eigenvalue weighted by Gasteiger charge is 2.08. The van der Waals surface area contributed by atoms with Crippen molar-refractivity contribution in [2.75, 3.05) is 7.11 Å². The fourth-order valence-electron chi connectivity index (χ4n) is 1.39. The zero-order valence-electron chi connectivity index (χ0n) is 9.75. The number of rotatable bonds is 5. The predicted molar refractivity (Wildman–Crippen MR) is 68.2 cm³/mol.